The first-order valence-electron chi connectivity index (χ1n) is 6.79. The number of aliphatic hydroxyl groups is 1. The molecular weight excluding hydrogens is 272 g/mol. The fourth-order valence-electron chi connectivity index (χ4n) is 2.65. The average molecular weight is 288 g/mol. The summed E-state index contributed by atoms with van der Waals surface area (Å²) in [6, 6.07) is 5.46. The van der Waals surface area contributed by atoms with E-state index < -0.39 is 5.97 Å². The van der Waals surface area contributed by atoms with Crippen LogP contribution in [0, 0.1) is 0 Å². The lowest BCUT2D eigenvalue weighted by Crippen LogP contribution is -2.33. The number of carboxylic acids is 1. The Hall–Kier alpha value is -2.25. The fraction of sp³-hybridized carbons (Fsp3) is 0.357. The second-order valence-electron chi connectivity index (χ2n) is 4.93. The van der Waals surface area contributed by atoms with Gasteiger partial charge in [-0.1, -0.05) is 6.07 Å². The van der Waals surface area contributed by atoms with Crippen LogP contribution in [-0.2, 0) is 13.0 Å². The van der Waals surface area contributed by atoms with Gasteiger partial charge in [-0.25, -0.2) is 14.5 Å². The van der Waals surface area contributed by atoms with Crippen molar-refractivity contribution in [3.05, 3.63) is 41.3 Å². The molecule has 2 aromatic heterocycles. The summed E-state index contributed by atoms with van der Waals surface area (Å²) in [4.78, 5) is 17.7. The van der Waals surface area contributed by atoms with Gasteiger partial charge in [0.2, 0.25) is 0 Å². The Balaban J connectivity index is 2.05. The maximum Gasteiger partial charge on any atom is 0.356 e. The molecule has 0 fully saturated rings. The zero-order valence-corrected chi connectivity index (χ0v) is 11.4. The quantitative estimate of drug-likeness (QED) is 0.841. The van der Waals surface area contributed by atoms with Crippen LogP contribution < -0.4 is 0 Å². The molecule has 0 saturated heterocycles. The number of aromatic carboxylic acids is 1. The average Bonchev–Trinajstić information content (AvgIpc) is 2.87. The number of nitrogens with zero attached hydrogens (tertiary/aromatic N) is 4. The van der Waals surface area contributed by atoms with Gasteiger partial charge in [0.25, 0.3) is 0 Å². The van der Waals surface area contributed by atoms with Gasteiger partial charge in [-0.2, -0.15) is 5.10 Å². The highest BCUT2D eigenvalue weighted by Gasteiger charge is 2.28. The molecule has 0 saturated carbocycles. The molecule has 7 heteroatoms. The van der Waals surface area contributed by atoms with Crippen molar-refractivity contribution in [1.29, 1.82) is 0 Å². The predicted molar refractivity (Wildman–Crippen MR) is 74.4 cm³/mol. The number of hydrogen-bond donors (Lipinski definition) is 2. The molecule has 0 unspecified atom stereocenters. The minimum atomic E-state index is -1.04. The van der Waals surface area contributed by atoms with Crippen LogP contribution in [0.1, 0.15) is 21.7 Å². The lowest BCUT2D eigenvalue weighted by molar-refractivity contribution is 0.0687. The first-order valence-corrected chi connectivity index (χ1v) is 6.79. The minimum Gasteiger partial charge on any atom is -0.476 e. The number of β-amino-alcohol motifs (C(OH)–C–C–N with tert-alkyl or cyclic N) is 1. The summed E-state index contributed by atoms with van der Waals surface area (Å²) in [6.45, 7) is 1.86. The molecule has 21 heavy (non-hydrogen) atoms. The highest BCUT2D eigenvalue weighted by atomic mass is 16.4. The number of aromatic nitrogens is 3. The predicted octanol–water partition coefficient (Wildman–Crippen LogP) is 0.316. The van der Waals surface area contributed by atoms with Crippen LogP contribution in [0.4, 0.5) is 0 Å². The van der Waals surface area contributed by atoms with E-state index in [0.717, 1.165) is 12.2 Å². The monoisotopic (exact) mass is 288 g/mol. The molecule has 0 atom stereocenters. The van der Waals surface area contributed by atoms with Crippen molar-refractivity contribution in [2.75, 3.05) is 19.7 Å². The highest BCUT2D eigenvalue weighted by molar-refractivity contribution is 5.87. The largest absolute Gasteiger partial charge is 0.476 e. The molecule has 2 N–H and O–H groups in total. The first-order chi connectivity index (χ1) is 10.2. The number of aliphatic hydroxyl groups excluding tert-OH is 1. The molecule has 110 valence electrons. The van der Waals surface area contributed by atoms with Gasteiger partial charge in [0.1, 0.15) is 0 Å². The normalized spacial score (nSPS) is 14.9. The van der Waals surface area contributed by atoms with Gasteiger partial charge in [-0.3, -0.25) is 4.90 Å². The third-order valence-electron chi connectivity index (χ3n) is 3.62. The number of hydrogen-bond acceptors (Lipinski definition) is 5. The van der Waals surface area contributed by atoms with Gasteiger partial charge in [0.05, 0.1) is 12.3 Å². The van der Waals surface area contributed by atoms with Gasteiger partial charge >= 0.3 is 5.97 Å². The van der Waals surface area contributed by atoms with Crippen LogP contribution in [0.25, 0.3) is 5.82 Å². The Morgan fingerprint density at radius 1 is 1.38 bits per heavy atom. The lowest BCUT2D eigenvalue weighted by atomic mass is 10.1. The lowest BCUT2D eigenvalue weighted by Gasteiger charge is -2.26. The molecule has 0 amide bonds. The molecular formula is C14H16N4O3. The SMILES string of the molecule is O=C(O)c1nn(-c2ccccn2)c2c1CN(CCO)CC2. The second-order valence-corrected chi connectivity index (χ2v) is 4.93. The molecule has 0 aromatic carbocycles. The third-order valence-corrected chi connectivity index (χ3v) is 3.62. The van der Waals surface area contributed by atoms with Crippen LogP contribution in [0.2, 0.25) is 0 Å². The van der Waals surface area contributed by atoms with Crippen molar-refractivity contribution in [3.8, 4) is 5.82 Å². The molecule has 2 aromatic rings. The van der Waals surface area contributed by atoms with Gasteiger partial charge in [-0.05, 0) is 12.1 Å². The molecule has 3 heterocycles. The van der Waals surface area contributed by atoms with Gasteiger partial charge in [0.15, 0.2) is 11.5 Å². The van der Waals surface area contributed by atoms with Crippen LogP contribution in [0.5, 0.6) is 0 Å². The van der Waals surface area contributed by atoms with Crippen molar-refractivity contribution in [3.63, 3.8) is 0 Å². The Morgan fingerprint density at radius 2 is 2.24 bits per heavy atom. The van der Waals surface area contributed by atoms with Crippen molar-refractivity contribution in [1.82, 2.24) is 19.7 Å². The minimum absolute atomic E-state index is 0.0616. The van der Waals surface area contributed by atoms with Gasteiger partial charge < -0.3 is 10.2 Å². The van der Waals surface area contributed by atoms with E-state index in [1.54, 1.807) is 23.0 Å². The summed E-state index contributed by atoms with van der Waals surface area (Å²) in [5.41, 5.74) is 1.67. The van der Waals surface area contributed by atoms with E-state index in [2.05, 4.69) is 10.1 Å². The van der Waals surface area contributed by atoms with Crippen LogP contribution in [-0.4, -0.2) is 55.5 Å². The molecule has 3 rings (SSSR count). The van der Waals surface area contributed by atoms with Crippen molar-refractivity contribution in [2.45, 2.75) is 13.0 Å². The van der Waals surface area contributed by atoms with E-state index in [9.17, 15) is 9.90 Å². The summed E-state index contributed by atoms with van der Waals surface area (Å²) in [6.07, 6.45) is 2.34. The number of carbonyl (C=O) groups is 1. The standard InChI is InChI=1S/C14H16N4O3/c19-8-7-17-6-4-11-10(9-17)13(14(20)21)16-18(11)12-3-1-2-5-15-12/h1-3,5,19H,4,6-9H2,(H,20,21). The molecule has 0 aliphatic carbocycles. The number of carboxylic acid groups (broad SMARTS) is 1. The molecule has 7 nitrogen and oxygen atoms in total. The number of pyridine rings is 1. The van der Waals surface area contributed by atoms with Gasteiger partial charge in [0, 0.05) is 37.8 Å². The van der Waals surface area contributed by atoms with Crippen LogP contribution in [0.15, 0.2) is 24.4 Å². The Labute approximate surface area is 121 Å². The highest BCUT2D eigenvalue weighted by Crippen LogP contribution is 2.24. The van der Waals surface area contributed by atoms with Crippen molar-refractivity contribution < 1.29 is 15.0 Å². The topological polar surface area (TPSA) is 91.5 Å². The third kappa shape index (κ3) is 2.53. The summed E-state index contributed by atoms with van der Waals surface area (Å²) in [7, 11) is 0. The molecule has 1 aliphatic rings. The maximum atomic E-state index is 11.4. The van der Waals surface area contributed by atoms with Crippen LogP contribution >= 0.6 is 0 Å². The number of fused-ring (bicyclic) bond motifs is 1. The van der Waals surface area contributed by atoms with Crippen LogP contribution in [0.3, 0.4) is 0 Å². The second kappa shape index (κ2) is 5.63. The van der Waals surface area contributed by atoms with E-state index in [4.69, 9.17) is 5.11 Å². The Bertz CT molecular complexity index is 654. The van der Waals surface area contributed by atoms with E-state index in [1.165, 1.54) is 0 Å². The maximum absolute atomic E-state index is 11.4. The smallest absolute Gasteiger partial charge is 0.356 e. The van der Waals surface area contributed by atoms with Crippen molar-refractivity contribution >= 4 is 5.97 Å². The first kappa shape index (κ1) is 13.7. The van der Waals surface area contributed by atoms with E-state index in [1.807, 2.05) is 11.0 Å². The van der Waals surface area contributed by atoms with Gasteiger partial charge in [-0.15, -0.1) is 0 Å². The van der Waals surface area contributed by atoms with E-state index in [-0.39, 0.29) is 12.3 Å². The summed E-state index contributed by atoms with van der Waals surface area (Å²) in [5, 5.41) is 22.6. The summed E-state index contributed by atoms with van der Waals surface area (Å²) >= 11 is 0. The summed E-state index contributed by atoms with van der Waals surface area (Å²) in [5.74, 6) is -0.413. The van der Waals surface area contributed by atoms with E-state index in [0.29, 0.717) is 30.9 Å². The van der Waals surface area contributed by atoms with Crippen molar-refractivity contribution in [2.24, 2.45) is 0 Å². The zero-order chi connectivity index (χ0) is 14.8. The van der Waals surface area contributed by atoms with E-state index >= 15 is 0 Å². The fourth-order valence-corrected chi connectivity index (χ4v) is 2.65. The molecule has 0 bridgehead atoms. The Morgan fingerprint density at radius 3 is 2.90 bits per heavy atom. The molecule has 1 aliphatic heterocycles. The zero-order valence-electron chi connectivity index (χ0n) is 11.4. The molecule has 0 radical (unpaired) electrons. The Kier molecular flexibility index (Phi) is 3.68. The molecule has 0 spiro atoms. The summed E-state index contributed by atoms with van der Waals surface area (Å²) < 4.78 is 1.62. The number of rotatable bonds is 4.